The van der Waals surface area contributed by atoms with E-state index in [2.05, 4.69) is 18.2 Å². The van der Waals surface area contributed by atoms with Crippen LogP contribution in [-0.4, -0.2) is 5.78 Å². The van der Waals surface area contributed by atoms with Gasteiger partial charge < -0.3 is 10.5 Å². The highest BCUT2D eigenvalue weighted by molar-refractivity contribution is 6.00. The van der Waals surface area contributed by atoms with Crippen LogP contribution in [0.15, 0.2) is 108 Å². The number of hydrogen-bond acceptors (Lipinski definition) is 4. The van der Waals surface area contributed by atoms with Gasteiger partial charge in [-0.25, -0.2) is 0 Å². The summed E-state index contributed by atoms with van der Waals surface area (Å²) >= 11 is 0. The highest BCUT2D eigenvalue weighted by Gasteiger charge is 2.40. The number of nitriles is 1. The van der Waals surface area contributed by atoms with E-state index >= 15 is 0 Å². The molecule has 32 heavy (non-hydrogen) atoms. The molecule has 0 saturated heterocycles. The quantitative estimate of drug-likeness (QED) is 0.604. The maximum absolute atomic E-state index is 13.3. The number of nitrogens with zero attached hydrogens (tertiary/aromatic N) is 1. The van der Waals surface area contributed by atoms with Crippen LogP contribution in [0.3, 0.4) is 0 Å². The number of carbonyl (C=O) groups is 1. The molecule has 2 aliphatic rings. The summed E-state index contributed by atoms with van der Waals surface area (Å²) in [4.78, 5) is 13.3. The lowest BCUT2D eigenvalue weighted by molar-refractivity contribution is -0.117. The van der Waals surface area contributed by atoms with Crippen LogP contribution in [0.1, 0.15) is 35.8 Å². The molecule has 2 atom stereocenters. The first-order chi connectivity index (χ1) is 15.7. The largest absolute Gasteiger partial charge is 0.444 e. The molecule has 1 heterocycles. The van der Waals surface area contributed by atoms with Gasteiger partial charge in [0.25, 0.3) is 0 Å². The Morgan fingerprint density at radius 2 is 1.44 bits per heavy atom. The minimum Gasteiger partial charge on any atom is -0.444 e. The summed E-state index contributed by atoms with van der Waals surface area (Å²) in [6.45, 7) is 0. The zero-order valence-corrected chi connectivity index (χ0v) is 17.5. The van der Waals surface area contributed by atoms with Crippen molar-refractivity contribution in [3.8, 4) is 17.2 Å². The minimum absolute atomic E-state index is 0.0116. The van der Waals surface area contributed by atoms with E-state index < -0.39 is 5.92 Å². The summed E-state index contributed by atoms with van der Waals surface area (Å²) in [5.74, 6) is 0.226. The van der Waals surface area contributed by atoms with Gasteiger partial charge in [0.1, 0.15) is 17.4 Å². The minimum atomic E-state index is -0.502. The maximum Gasteiger partial charge on any atom is 0.205 e. The molecule has 0 aromatic heterocycles. The average molecular weight is 418 g/mol. The zero-order chi connectivity index (χ0) is 22.1. The smallest absolute Gasteiger partial charge is 0.205 e. The Labute approximate surface area is 187 Å². The van der Waals surface area contributed by atoms with E-state index in [-0.39, 0.29) is 17.6 Å². The molecular weight excluding hydrogens is 396 g/mol. The lowest BCUT2D eigenvalue weighted by Crippen LogP contribution is -2.29. The van der Waals surface area contributed by atoms with E-state index in [0.29, 0.717) is 29.7 Å². The number of ketones is 1. The molecule has 4 nitrogen and oxygen atoms in total. The first-order valence-corrected chi connectivity index (χ1v) is 10.7. The summed E-state index contributed by atoms with van der Waals surface area (Å²) < 4.78 is 5.85. The topological polar surface area (TPSA) is 76.1 Å². The summed E-state index contributed by atoms with van der Waals surface area (Å²) in [5.41, 5.74) is 11.2. The highest BCUT2D eigenvalue weighted by atomic mass is 16.5. The predicted octanol–water partition coefficient (Wildman–Crippen LogP) is 5.56. The normalized spacial score (nSPS) is 20.4. The summed E-state index contributed by atoms with van der Waals surface area (Å²) in [6, 6.07) is 30.3. The van der Waals surface area contributed by atoms with Crippen LogP contribution in [0, 0.1) is 11.3 Å². The Morgan fingerprint density at radius 1 is 0.812 bits per heavy atom. The molecule has 0 spiro atoms. The Morgan fingerprint density at radius 3 is 2.09 bits per heavy atom. The fourth-order valence-corrected chi connectivity index (χ4v) is 4.70. The standard InChI is InChI=1S/C28H22N2O2/c29-17-23-26(21-13-11-20(12-14-21)18-7-3-1-4-8-18)27-24(31)15-22(16-25(27)32-28(23)30)19-9-5-2-6-10-19/h1-14,22,26H,15-16,30H2. The van der Waals surface area contributed by atoms with Crippen molar-refractivity contribution in [3.05, 3.63) is 119 Å². The van der Waals surface area contributed by atoms with Gasteiger partial charge in [-0.1, -0.05) is 84.9 Å². The van der Waals surface area contributed by atoms with Crippen LogP contribution in [0.5, 0.6) is 0 Å². The van der Waals surface area contributed by atoms with Crippen LogP contribution in [0.2, 0.25) is 0 Å². The van der Waals surface area contributed by atoms with Gasteiger partial charge in [-0.05, 0) is 28.2 Å². The lowest BCUT2D eigenvalue weighted by Gasteiger charge is -2.34. The van der Waals surface area contributed by atoms with Gasteiger partial charge in [-0.15, -0.1) is 0 Å². The van der Waals surface area contributed by atoms with Crippen molar-refractivity contribution in [3.63, 3.8) is 0 Å². The third-order valence-corrected chi connectivity index (χ3v) is 6.28. The number of allylic oxidation sites excluding steroid dienone is 3. The number of hydrogen-bond donors (Lipinski definition) is 1. The van der Waals surface area contributed by atoms with Gasteiger partial charge in [0.05, 0.1) is 5.92 Å². The molecular formula is C28H22N2O2. The van der Waals surface area contributed by atoms with Crippen LogP contribution < -0.4 is 5.73 Å². The van der Waals surface area contributed by atoms with Crippen LogP contribution in [-0.2, 0) is 9.53 Å². The number of nitrogens with two attached hydrogens (primary N) is 1. The molecule has 3 aromatic rings. The molecule has 0 amide bonds. The molecule has 5 rings (SSSR count). The highest BCUT2D eigenvalue weighted by Crippen LogP contribution is 2.46. The molecule has 0 bridgehead atoms. The van der Waals surface area contributed by atoms with Gasteiger partial charge in [-0.2, -0.15) is 5.26 Å². The van der Waals surface area contributed by atoms with Crippen molar-refractivity contribution >= 4 is 5.78 Å². The van der Waals surface area contributed by atoms with Gasteiger partial charge in [-0.3, -0.25) is 4.79 Å². The fourth-order valence-electron chi connectivity index (χ4n) is 4.70. The van der Waals surface area contributed by atoms with Gasteiger partial charge in [0.15, 0.2) is 5.78 Å². The molecule has 156 valence electrons. The number of Topliss-reactive ketones (excluding diaryl/α,β-unsaturated/α-hetero) is 1. The van der Waals surface area contributed by atoms with E-state index in [0.717, 1.165) is 22.3 Å². The van der Waals surface area contributed by atoms with Crippen molar-refractivity contribution in [2.75, 3.05) is 0 Å². The zero-order valence-electron chi connectivity index (χ0n) is 17.5. The van der Waals surface area contributed by atoms with Crippen molar-refractivity contribution in [2.45, 2.75) is 24.7 Å². The Bertz CT molecular complexity index is 1270. The first kappa shape index (κ1) is 19.8. The monoisotopic (exact) mass is 418 g/mol. The van der Waals surface area contributed by atoms with Crippen molar-refractivity contribution in [2.24, 2.45) is 5.73 Å². The second kappa shape index (κ2) is 8.20. The lowest BCUT2D eigenvalue weighted by atomic mass is 9.73. The summed E-state index contributed by atoms with van der Waals surface area (Å²) in [5, 5.41) is 9.83. The molecule has 4 heteroatoms. The van der Waals surface area contributed by atoms with Crippen LogP contribution in [0.4, 0.5) is 0 Å². The summed E-state index contributed by atoms with van der Waals surface area (Å²) in [6.07, 6.45) is 0.979. The first-order valence-electron chi connectivity index (χ1n) is 10.7. The van der Waals surface area contributed by atoms with Gasteiger partial charge >= 0.3 is 0 Å². The Hall–Kier alpha value is -4.10. The van der Waals surface area contributed by atoms with E-state index in [9.17, 15) is 10.1 Å². The molecule has 0 fully saturated rings. The molecule has 1 aliphatic heterocycles. The van der Waals surface area contributed by atoms with E-state index in [4.69, 9.17) is 10.5 Å². The van der Waals surface area contributed by atoms with E-state index in [1.807, 2.05) is 72.8 Å². The Balaban J connectivity index is 1.54. The Kier molecular flexibility index (Phi) is 5.09. The van der Waals surface area contributed by atoms with Gasteiger partial charge in [0.2, 0.25) is 5.88 Å². The van der Waals surface area contributed by atoms with Crippen molar-refractivity contribution in [1.29, 1.82) is 5.26 Å². The van der Waals surface area contributed by atoms with Crippen LogP contribution >= 0.6 is 0 Å². The van der Waals surface area contributed by atoms with Crippen molar-refractivity contribution in [1.82, 2.24) is 0 Å². The van der Waals surface area contributed by atoms with Crippen molar-refractivity contribution < 1.29 is 9.53 Å². The molecule has 0 radical (unpaired) electrons. The van der Waals surface area contributed by atoms with E-state index in [1.54, 1.807) is 0 Å². The second-order valence-electron chi connectivity index (χ2n) is 8.19. The third-order valence-electron chi connectivity index (χ3n) is 6.28. The van der Waals surface area contributed by atoms with Crippen LogP contribution in [0.25, 0.3) is 11.1 Å². The van der Waals surface area contributed by atoms with Gasteiger partial charge in [0, 0.05) is 18.4 Å². The number of rotatable bonds is 3. The second-order valence-corrected chi connectivity index (χ2v) is 8.19. The maximum atomic E-state index is 13.3. The molecule has 2 N–H and O–H groups in total. The number of benzene rings is 3. The predicted molar refractivity (Wildman–Crippen MR) is 123 cm³/mol. The molecule has 1 aliphatic carbocycles. The third kappa shape index (κ3) is 3.48. The fraction of sp³-hybridized carbons (Fsp3) is 0.143. The molecule has 0 saturated carbocycles. The molecule has 3 aromatic carbocycles. The molecule has 2 unspecified atom stereocenters. The number of carbonyl (C=O) groups excluding carboxylic acids is 1. The van der Waals surface area contributed by atoms with E-state index in [1.165, 1.54) is 0 Å². The summed E-state index contributed by atoms with van der Waals surface area (Å²) in [7, 11) is 0. The SMILES string of the molecule is N#CC1=C(N)OC2=C(C(=O)CC(c3ccccc3)C2)C1c1ccc(-c2ccccc2)cc1. The number of ether oxygens (including phenoxy) is 1. The average Bonchev–Trinajstić information content (AvgIpc) is 2.84.